The van der Waals surface area contributed by atoms with Crippen molar-refractivity contribution < 1.29 is 9.66 Å². The minimum atomic E-state index is -0.903. The maximum Gasteiger partial charge on any atom is 0.263 e. The summed E-state index contributed by atoms with van der Waals surface area (Å²) in [6, 6.07) is 12.1. The molecule has 0 bridgehead atoms. The molecule has 1 aliphatic heterocycles. The van der Waals surface area contributed by atoms with Gasteiger partial charge in [0.1, 0.15) is 11.7 Å². The molecule has 2 aromatic rings. The minimum absolute atomic E-state index is 0.255. The van der Waals surface area contributed by atoms with Gasteiger partial charge >= 0.3 is 0 Å². The summed E-state index contributed by atoms with van der Waals surface area (Å²) < 4.78 is 5.88. The SMILES string of the molecule is CC1(C)Oc2ccccc2C(c2ccccn2)C1[N+](=O)[O-]. The molecule has 2 heterocycles. The van der Waals surface area contributed by atoms with Crippen LogP contribution in [0.3, 0.4) is 0 Å². The number of hydrogen-bond acceptors (Lipinski definition) is 4. The fourth-order valence-corrected chi connectivity index (χ4v) is 3.00. The molecule has 0 N–H and O–H groups in total. The first kappa shape index (κ1) is 13.5. The van der Waals surface area contributed by atoms with Crippen LogP contribution in [-0.4, -0.2) is 21.6 Å². The van der Waals surface area contributed by atoms with Crippen molar-refractivity contribution in [3.05, 3.63) is 70.0 Å². The molecule has 0 spiro atoms. The Kier molecular flexibility index (Phi) is 3.12. The van der Waals surface area contributed by atoms with Crippen LogP contribution in [0.15, 0.2) is 48.7 Å². The zero-order chi connectivity index (χ0) is 15.0. The standard InChI is InChI=1S/C16H16N2O3/c1-16(2)15(18(19)20)14(12-8-5-6-10-17-12)11-7-3-4-9-13(11)21-16/h3-10,14-15H,1-2H3. The van der Waals surface area contributed by atoms with Crippen molar-refractivity contribution in [3.63, 3.8) is 0 Å². The fourth-order valence-electron chi connectivity index (χ4n) is 3.00. The van der Waals surface area contributed by atoms with Crippen molar-refractivity contribution in [2.75, 3.05) is 0 Å². The lowest BCUT2D eigenvalue weighted by Gasteiger charge is -2.39. The zero-order valence-corrected chi connectivity index (χ0v) is 11.9. The third kappa shape index (κ3) is 2.24. The maximum absolute atomic E-state index is 11.7. The number of rotatable bonds is 2. The van der Waals surface area contributed by atoms with Crippen molar-refractivity contribution in [3.8, 4) is 5.75 Å². The Labute approximate surface area is 122 Å². The van der Waals surface area contributed by atoms with Crippen LogP contribution < -0.4 is 4.74 Å². The molecule has 0 radical (unpaired) electrons. The van der Waals surface area contributed by atoms with E-state index >= 15 is 0 Å². The van der Waals surface area contributed by atoms with E-state index in [-0.39, 0.29) is 4.92 Å². The van der Waals surface area contributed by atoms with Crippen LogP contribution in [0.2, 0.25) is 0 Å². The Bertz CT molecular complexity index is 670. The lowest BCUT2D eigenvalue weighted by atomic mass is 9.77. The molecule has 0 aliphatic carbocycles. The van der Waals surface area contributed by atoms with Gasteiger partial charge in [-0.05, 0) is 32.0 Å². The van der Waals surface area contributed by atoms with Gasteiger partial charge in [0.25, 0.3) is 6.04 Å². The molecule has 108 valence electrons. The van der Waals surface area contributed by atoms with E-state index in [0.29, 0.717) is 11.4 Å². The quantitative estimate of drug-likeness (QED) is 0.628. The van der Waals surface area contributed by atoms with Crippen LogP contribution in [-0.2, 0) is 0 Å². The Morgan fingerprint density at radius 2 is 1.90 bits per heavy atom. The molecule has 2 atom stereocenters. The summed E-state index contributed by atoms with van der Waals surface area (Å²) in [5.74, 6) is 0.275. The highest BCUT2D eigenvalue weighted by molar-refractivity contribution is 5.44. The van der Waals surface area contributed by atoms with Gasteiger partial charge in [-0.25, -0.2) is 0 Å². The summed E-state index contributed by atoms with van der Waals surface area (Å²) in [5.41, 5.74) is 0.611. The van der Waals surface area contributed by atoms with Gasteiger partial charge in [-0.2, -0.15) is 0 Å². The second-order valence-electron chi connectivity index (χ2n) is 5.71. The first-order valence-corrected chi connectivity index (χ1v) is 6.83. The van der Waals surface area contributed by atoms with Gasteiger partial charge < -0.3 is 4.74 Å². The average molecular weight is 284 g/mol. The molecular weight excluding hydrogens is 268 g/mol. The zero-order valence-electron chi connectivity index (χ0n) is 11.9. The number of hydrogen-bond donors (Lipinski definition) is 0. The van der Waals surface area contributed by atoms with Crippen LogP contribution in [0, 0.1) is 10.1 Å². The predicted octanol–water partition coefficient (Wildman–Crippen LogP) is 3.03. The number of para-hydroxylation sites is 1. The van der Waals surface area contributed by atoms with Crippen LogP contribution in [0.25, 0.3) is 0 Å². The van der Waals surface area contributed by atoms with Crippen LogP contribution in [0.5, 0.6) is 5.75 Å². The van der Waals surface area contributed by atoms with E-state index in [0.717, 1.165) is 5.56 Å². The molecule has 5 nitrogen and oxygen atoms in total. The number of fused-ring (bicyclic) bond motifs is 1. The van der Waals surface area contributed by atoms with Gasteiger partial charge in [0, 0.05) is 16.7 Å². The fraction of sp³-hybridized carbons (Fsp3) is 0.312. The minimum Gasteiger partial charge on any atom is -0.480 e. The highest BCUT2D eigenvalue weighted by Crippen LogP contribution is 2.44. The molecule has 2 unspecified atom stereocenters. The molecule has 0 amide bonds. The number of nitro groups is 1. The van der Waals surface area contributed by atoms with Crippen LogP contribution in [0.4, 0.5) is 0 Å². The third-order valence-corrected chi connectivity index (χ3v) is 3.89. The topological polar surface area (TPSA) is 65.3 Å². The van der Waals surface area contributed by atoms with E-state index in [2.05, 4.69) is 4.98 Å². The monoisotopic (exact) mass is 284 g/mol. The lowest BCUT2D eigenvalue weighted by molar-refractivity contribution is -0.546. The predicted molar refractivity (Wildman–Crippen MR) is 78.0 cm³/mol. The molecule has 1 aliphatic rings. The third-order valence-electron chi connectivity index (χ3n) is 3.89. The van der Waals surface area contributed by atoms with Crippen molar-refractivity contribution in [2.24, 2.45) is 0 Å². The number of nitrogens with zero attached hydrogens (tertiary/aromatic N) is 2. The molecule has 1 aromatic carbocycles. The number of benzene rings is 1. The van der Waals surface area contributed by atoms with Crippen LogP contribution >= 0.6 is 0 Å². The second-order valence-corrected chi connectivity index (χ2v) is 5.71. The maximum atomic E-state index is 11.7. The first-order chi connectivity index (χ1) is 10.0. The van der Waals surface area contributed by atoms with Crippen molar-refractivity contribution in [1.29, 1.82) is 0 Å². The first-order valence-electron chi connectivity index (χ1n) is 6.83. The van der Waals surface area contributed by atoms with Gasteiger partial charge in [-0.3, -0.25) is 15.1 Å². The molecule has 3 rings (SSSR count). The van der Waals surface area contributed by atoms with Crippen molar-refractivity contribution in [1.82, 2.24) is 4.98 Å². The molecule has 5 heteroatoms. The van der Waals surface area contributed by atoms with Crippen LogP contribution in [0.1, 0.15) is 31.0 Å². The van der Waals surface area contributed by atoms with E-state index in [1.165, 1.54) is 0 Å². The molecule has 1 aromatic heterocycles. The second kappa shape index (κ2) is 4.84. The van der Waals surface area contributed by atoms with Crippen molar-refractivity contribution >= 4 is 0 Å². The summed E-state index contributed by atoms with van der Waals surface area (Å²) in [4.78, 5) is 15.7. The summed E-state index contributed by atoms with van der Waals surface area (Å²) >= 11 is 0. The number of pyridine rings is 1. The molecular formula is C16H16N2O3. The van der Waals surface area contributed by atoms with Gasteiger partial charge in [0.05, 0.1) is 5.69 Å². The van der Waals surface area contributed by atoms with Crippen molar-refractivity contribution in [2.45, 2.75) is 31.4 Å². The van der Waals surface area contributed by atoms with Gasteiger partial charge in [0.2, 0.25) is 0 Å². The summed E-state index contributed by atoms with van der Waals surface area (Å²) in [6.45, 7) is 3.51. The Morgan fingerprint density at radius 3 is 2.57 bits per heavy atom. The Balaban J connectivity index is 2.22. The van der Waals surface area contributed by atoms with E-state index in [1.54, 1.807) is 26.1 Å². The van der Waals surface area contributed by atoms with E-state index in [1.807, 2.05) is 36.4 Å². The van der Waals surface area contributed by atoms with Gasteiger partial charge in [-0.15, -0.1) is 0 Å². The smallest absolute Gasteiger partial charge is 0.263 e. The molecule has 0 saturated heterocycles. The Hall–Kier alpha value is -2.43. The summed E-state index contributed by atoms with van der Waals surface area (Å²) in [5, 5.41) is 11.7. The average Bonchev–Trinajstić information content (AvgIpc) is 2.45. The summed E-state index contributed by atoms with van der Waals surface area (Å²) in [7, 11) is 0. The number of aromatic nitrogens is 1. The summed E-state index contributed by atoms with van der Waals surface area (Å²) in [6.07, 6.45) is 1.66. The van der Waals surface area contributed by atoms with Gasteiger partial charge in [-0.1, -0.05) is 24.3 Å². The molecule has 21 heavy (non-hydrogen) atoms. The Morgan fingerprint density at radius 1 is 1.19 bits per heavy atom. The molecule has 0 fully saturated rings. The normalized spacial score (nSPS) is 23.0. The number of ether oxygens (including phenoxy) is 1. The van der Waals surface area contributed by atoms with E-state index < -0.39 is 17.6 Å². The van der Waals surface area contributed by atoms with E-state index in [9.17, 15) is 10.1 Å². The lowest BCUT2D eigenvalue weighted by Crippen LogP contribution is -2.53. The largest absolute Gasteiger partial charge is 0.480 e. The van der Waals surface area contributed by atoms with Gasteiger partial charge in [0.15, 0.2) is 5.60 Å². The van der Waals surface area contributed by atoms with E-state index in [4.69, 9.17) is 4.74 Å². The highest BCUT2D eigenvalue weighted by atomic mass is 16.6. The molecule has 0 saturated carbocycles. The highest BCUT2D eigenvalue weighted by Gasteiger charge is 2.53.